The average Bonchev–Trinajstić information content (AvgIpc) is 1.51. The number of aliphatic hydroxyl groups excluding tert-OH is 2. The monoisotopic (exact) mass is 1570 g/mol. The van der Waals surface area contributed by atoms with Gasteiger partial charge >= 0.3 is 0 Å². The predicted molar refractivity (Wildman–Crippen MR) is 394 cm³/mol. The molecule has 0 spiro atoms. The Hall–Kier alpha value is -7.43. The molecule has 0 fully saturated rings. The van der Waals surface area contributed by atoms with Crippen LogP contribution in [0.2, 0.25) is 0 Å². The highest BCUT2D eigenvalue weighted by Gasteiger charge is 2.20. The summed E-state index contributed by atoms with van der Waals surface area (Å²) in [5.74, 6) is 2.92. The number of hydrogen-bond acceptors (Lipinski definition) is 27. The van der Waals surface area contributed by atoms with Crippen LogP contribution in [0, 0.1) is 34.6 Å². The van der Waals surface area contributed by atoms with E-state index in [0.717, 1.165) is 89.6 Å². The molecule has 570 valence electrons. The topological polar surface area (TPSA) is 531 Å². The number of amides is 2. The van der Waals surface area contributed by atoms with Crippen LogP contribution in [0.15, 0.2) is 156 Å². The standard InChI is InChI=1S/C27H51N15O4S2.5C7H8O3S/c1-20(43)28-12-18-47-16-8-22(24(45)32-26-34-38-39-35-26)30-10-4-6-14-42(3)15-7-5-11-31-23(9-17-48-19-13-29-21(2)44)25(46)33-27-36-40-41-37-27;5*1-6-2-4-7(5-3-6)11(8,9)10/h10-11,20-23,28-29,43-44H,4-9,12-19H2,1-3H3,(H2,32,34,35,38,39,45)(H2,33,36,37,40,41,46);5*2-5H,1H3,(H,8,9,10). The lowest BCUT2D eigenvalue weighted by Gasteiger charge is -2.15. The molecule has 7 rings (SSSR count). The number of aromatic amines is 2. The van der Waals surface area contributed by atoms with Crippen molar-refractivity contribution in [3.63, 3.8) is 0 Å². The van der Waals surface area contributed by atoms with Gasteiger partial charge in [0.2, 0.25) is 11.9 Å². The molecule has 2 heterocycles. The number of H-pyrrole nitrogens is 2. The summed E-state index contributed by atoms with van der Waals surface area (Å²) in [6.07, 6.45) is 6.89. The van der Waals surface area contributed by atoms with Crippen molar-refractivity contribution in [1.29, 1.82) is 0 Å². The Bertz CT molecular complexity index is 3700. The minimum atomic E-state index is -4.02. The van der Waals surface area contributed by atoms with E-state index in [0.29, 0.717) is 25.9 Å². The van der Waals surface area contributed by atoms with E-state index in [1.54, 1.807) is 98.0 Å². The molecule has 0 radical (unpaired) electrons. The van der Waals surface area contributed by atoms with Crippen molar-refractivity contribution >= 4 is 110 Å². The quantitative estimate of drug-likeness (QED) is 0.00974. The molecule has 2 amide bonds. The van der Waals surface area contributed by atoms with Gasteiger partial charge in [0, 0.05) is 24.6 Å². The Kier molecular flexibility index (Phi) is 42.6. The van der Waals surface area contributed by atoms with E-state index < -0.39 is 75.1 Å². The lowest BCUT2D eigenvalue weighted by Crippen LogP contribution is -2.29. The van der Waals surface area contributed by atoms with Gasteiger partial charge in [-0.15, -0.1) is 0 Å². The Morgan fingerprint density at radius 2 is 0.709 bits per heavy atom. The summed E-state index contributed by atoms with van der Waals surface area (Å²) < 4.78 is 148. The van der Waals surface area contributed by atoms with Gasteiger partial charge in [0.15, 0.2) is 0 Å². The van der Waals surface area contributed by atoms with Gasteiger partial charge in [-0.2, -0.15) is 65.6 Å². The third-order valence-electron chi connectivity index (χ3n) is 13.1. The fourth-order valence-electron chi connectivity index (χ4n) is 7.62. The molecule has 2 aromatic heterocycles. The number of rotatable bonds is 33. The highest BCUT2D eigenvalue weighted by Crippen LogP contribution is 2.15. The summed E-state index contributed by atoms with van der Waals surface area (Å²) in [4.78, 5) is 36.5. The Labute approximate surface area is 609 Å². The van der Waals surface area contributed by atoms with Gasteiger partial charge in [-0.05, 0) is 213 Å². The van der Waals surface area contributed by atoms with E-state index in [-0.39, 0.29) is 48.2 Å². The minimum Gasteiger partial charge on any atom is -0.379 e. The van der Waals surface area contributed by atoms with Crippen molar-refractivity contribution in [3.05, 3.63) is 149 Å². The first kappa shape index (κ1) is 91.7. The molecule has 0 saturated heterocycles. The van der Waals surface area contributed by atoms with Gasteiger partial charge < -0.3 is 15.1 Å². The molecule has 34 nitrogen and oxygen atoms in total. The Morgan fingerprint density at radius 3 is 0.922 bits per heavy atom. The SMILES string of the molecule is CC(O)NCCSCCC(N=CCCCN(C)CCCC=NC(CCSCCNC(C)O)C(=O)Nc1nnn[nH]1)C(=O)Nc1nnn[nH]1.Cc1ccc(S(=O)(=O)O)cc1.Cc1ccc(S(=O)(=O)O)cc1.Cc1ccc(S(=O)(=O)O)cc1.Cc1ccc(S(=O)(=O)O)cc1.Cc1ccc(S(=O)(=O)O)cc1. The maximum absolute atomic E-state index is 12.8. The number of aliphatic imine (C=N–C) groups is 2. The van der Waals surface area contributed by atoms with Crippen LogP contribution in [-0.4, -0.2) is 226 Å². The average molecular weight is 1570 g/mol. The van der Waals surface area contributed by atoms with Crippen LogP contribution in [0.5, 0.6) is 0 Å². The maximum Gasteiger partial charge on any atom is 0.294 e. The summed E-state index contributed by atoms with van der Waals surface area (Å²) in [6, 6.07) is 28.8. The summed E-state index contributed by atoms with van der Waals surface area (Å²) in [5.41, 5.74) is 4.78. The van der Waals surface area contributed by atoms with Crippen molar-refractivity contribution in [2.75, 3.05) is 66.9 Å². The van der Waals surface area contributed by atoms with E-state index in [2.05, 4.69) is 84.4 Å². The number of hydrogen-bond donors (Lipinski definition) is 13. The summed E-state index contributed by atoms with van der Waals surface area (Å²) in [5, 5.41) is 56.2. The fourth-order valence-corrected chi connectivity index (χ4v) is 11.7. The number of aryl methyl sites for hydroxylation is 5. The van der Waals surface area contributed by atoms with Gasteiger partial charge in [0.25, 0.3) is 62.4 Å². The van der Waals surface area contributed by atoms with E-state index in [9.17, 15) is 61.9 Å². The van der Waals surface area contributed by atoms with Gasteiger partial charge in [-0.1, -0.05) is 98.7 Å². The van der Waals surface area contributed by atoms with E-state index in [1.807, 2.05) is 47.0 Å². The highest BCUT2D eigenvalue weighted by atomic mass is 32.2. The molecule has 7 aromatic rings. The fraction of sp³-hybridized carbons (Fsp3) is 0.419. The molecule has 41 heteroatoms. The summed E-state index contributed by atoms with van der Waals surface area (Å²) >= 11 is 3.38. The molecular formula is C62H91N15O19S7. The molecule has 0 bridgehead atoms. The molecule has 0 aliphatic rings. The lowest BCUT2D eigenvalue weighted by molar-refractivity contribution is -0.118. The molecular weight excluding hydrogens is 1480 g/mol. The first-order valence-corrected chi connectivity index (χ1v) is 40.8. The Balaban J connectivity index is 0.000000516. The van der Waals surface area contributed by atoms with Crippen LogP contribution < -0.4 is 21.3 Å². The van der Waals surface area contributed by atoms with Crippen molar-refractivity contribution < 1.29 is 84.7 Å². The van der Waals surface area contributed by atoms with Crippen molar-refractivity contribution in [3.8, 4) is 0 Å². The number of tetrazole rings is 2. The number of aliphatic hydroxyl groups is 2. The van der Waals surface area contributed by atoms with Crippen LogP contribution >= 0.6 is 23.5 Å². The first-order valence-electron chi connectivity index (χ1n) is 31.2. The molecule has 4 atom stereocenters. The number of carbonyl (C=O) groups excluding carboxylic acids is 2. The third-order valence-corrected chi connectivity index (χ3v) is 19.5. The smallest absolute Gasteiger partial charge is 0.294 e. The van der Waals surface area contributed by atoms with E-state index in [1.165, 1.54) is 60.7 Å². The number of nitrogens with one attached hydrogen (secondary N) is 6. The zero-order chi connectivity index (χ0) is 77.2. The number of anilines is 2. The normalized spacial score (nSPS) is 12.9. The largest absolute Gasteiger partial charge is 0.379 e. The predicted octanol–water partition coefficient (Wildman–Crippen LogP) is 5.97. The molecule has 0 saturated carbocycles. The number of carbonyl (C=O) groups is 2. The van der Waals surface area contributed by atoms with E-state index in [4.69, 9.17) is 22.8 Å². The molecule has 13 N–H and O–H groups in total. The van der Waals surface area contributed by atoms with E-state index >= 15 is 0 Å². The van der Waals surface area contributed by atoms with Gasteiger partial charge in [0.1, 0.15) is 24.5 Å². The summed E-state index contributed by atoms with van der Waals surface area (Å²) in [7, 11) is -18.0. The minimum absolute atomic E-state index is 0.0666. The number of nitrogens with zero attached hydrogens (tertiary/aromatic N) is 9. The molecule has 0 aliphatic carbocycles. The molecule has 103 heavy (non-hydrogen) atoms. The number of thioether (sulfide) groups is 2. The number of unbranched alkanes of at least 4 members (excludes halogenated alkanes) is 2. The van der Waals surface area contributed by atoms with Crippen LogP contribution in [0.1, 0.15) is 80.2 Å². The lowest BCUT2D eigenvalue weighted by atomic mass is 10.2. The zero-order valence-electron chi connectivity index (χ0n) is 57.8. The van der Waals surface area contributed by atoms with Crippen molar-refractivity contribution in [2.45, 2.75) is 136 Å². The van der Waals surface area contributed by atoms with Crippen molar-refractivity contribution in [2.24, 2.45) is 9.98 Å². The van der Waals surface area contributed by atoms with Crippen LogP contribution in [0.4, 0.5) is 11.9 Å². The Morgan fingerprint density at radius 1 is 0.456 bits per heavy atom. The summed E-state index contributed by atoms with van der Waals surface area (Å²) in [6.45, 7) is 15.7. The second-order valence-electron chi connectivity index (χ2n) is 22.3. The number of benzene rings is 5. The van der Waals surface area contributed by atoms with Gasteiger partial charge in [-0.3, -0.25) is 63.6 Å². The second-order valence-corrected chi connectivity index (χ2v) is 31.8. The molecule has 0 aliphatic heterocycles. The second kappa shape index (κ2) is 47.8. The third kappa shape index (κ3) is 43.4. The molecule has 4 unspecified atom stereocenters. The first-order chi connectivity index (χ1) is 48.2. The van der Waals surface area contributed by atoms with Crippen molar-refractivity contribution in [1.82, 2.24) is 56.8 Å². The van der Waals surface area contributed by atoms with Gasteiger partial charge in [0.05, 0.1) is 24.5 Å². The van der Waals surface area contributed by atoms with Crippen LogP contribution in [-0.2, 0) is 60.2 Å². The van der Waals surface area contributed by atoms with Crippen LogP contribution in [0.25, 0.3) is 0 Å². The van der Waals surface area contributed by atoms with Crippen LogP contribution in [0.3, 0.4) is 0 Å². The molecule has 5 aromatic carbocycles. The number of aromatic nitrogens is 8. The highest BCUT2D eigenvalue weighted by molar-refractivity contribution is 7.99. The van der Waals surface area contributed by atoms with Gasteiger partial charge in [-0.25, -0.2) is 10.2 Å². The zero-order valence-corrected chi connectivity index (χ0v) is 63.5. The maximum atomic E-state index is 12.8.